The van der Waals surface area contributed by atoms with Crippen molar-refractivity contribution in [2.75, 3.05) is 19.8 Å². The lowest BCUT2D eigenvalue weighted by Gasteiger charge is -2.32. The van der Waals surface area contributed by atoms with Crippen LogP contribution in [0.25, 0.3) is 5.78 Å². The first-order valence-corrected chi connectivity index (χ1v) is 14.9. The van der Waals surface area contributed by atoms with E-state index in [1.54, 1.807) is 25.5 Å². The van der Waals surface area contributed by atoms with Crippen molar-refractivity contribution in [2.24, 2.45) is 18.9 Å². The van der Waals surface area contributed by atoms with Gasteiger partial charge in [0.15, 0.2) is 0 Å². The lowest BCUT2D eigenvalue weighted by atomic mass is 9.88. The second kappa shape index (κ2) is 12.8. The van der Waals surface area contributed by atoms with E-state index in [1.807, 2.05) is 0 Å². The highest BCUT2D eigenvalue weighted by Crippen LogP contribution is 2.40. The lowest BCUT2D eigenvalue weighted by Crippen LogP contribution is -2.39. The first-order valence-electron chi connectivity index (χ1n) is 14.9. The van der Waals surface area contributed by atoms with Gasteiger partial charge in [0, 0.05) is 38.5 Å². The Labute approximate surface area is 243 Å². The number of imidazole rings is 1. The van der Waals surface area contributed by atoms with Gasteiger partial charge >= 0.3 is 0 Å². The van der Waals surface area contributed by atoms with Gasteiger partial charge in [0.1, 0.15) is 5.69 Å². The number of amides is 2. The Balaban J connectivity index is 1.50. The number of fused-ring (bicyclic) bond motifs is 1. The molecule has 4 unspecified atom stereocenters. The molecule has 228 valence electrons. The zero-order valence-corrected chi connectivity index (χ0v) is 24.5. The molecule has 0 saturated carbocycles. The largest absolute Gasteiger partial charge is 0.380 e. The van der Waals surface area contributed by atoms with Crippen molar-refractivity contribution in [1.82, 2.24) is 40.0 Å². The number of carbonyl (C=O) groups excluding carboxylic acids is 2. The van der Waals surface area contributed by atoms with Gasteiger partial charge in [-0.15, -0.1) is 0 Å². The molecule has 2 fully saturated rings. The standard InChI is InChI=1S/C29H40F2N8O3/c1-4-18(2)7-5-9-21(34-27(41)24-10-13-33-38(24)3)23-16-39-28(35-23)36-25(20-17-42-14-11-29(20,30)31)22(37-39)15-19-8-6-12-32-26(19)40/h10,13,16,18-21H,4-9,11-12,14-15,17H2,1-3H3,(H,32,40)(H,34,41). The molecule has 5 heterocycles. The number of aromatic nitrogens is 6. The summed E-state index contributed by atoms with van der Waals surface area (Å²) in [6.07, 6.45) is 8.06. The minimum absolute atomic E-state index is 0.0260. The topological polar surface area (TPSA) is 128 Å². The van der Waals surface area contributed by atoms with E-state index in [4.69, 9.17) is 9.84 Å². The Morgan fingerprint density at radius 3 is 2.86 bits per heavy atom. The van der Waals surface area contributed by atoms with E-state index in [0.717, 1.165) is 25.7 Å². The number of ether oxygens (including phenoxy) is 1. The predicted octanol–water partition coefficient (Wildman–Crippen LogP) is 3.75. The molecule has 2 N–H and O–H groups in total. The number of piperidine rings is 1. The maximum Gasteiger partial charge on any atom is 0.270 e. The van der Waals surface area contributed by atoms with Crippen LogP contribution in [0, 0.1) is 11.8 Å². The van der Waals surface area contributed by atoms with E-state index in [1.165, 1.54) is 9.20 Å². The Kier molecular flexibility index (Phi) is 9.14. The summed E-state index contributed by atoms with van der Waals surface area (Å²) in [4.78, 5) is 35.0. The maximum absolute atomic E-state index is 15.2. The molecule has 2 aliphatic rings. The van der Waals surface area contributed by atoms with E-state index in [2.05, 4.69) is 39.5 Å². The molecule has 2 amide bonds. The summed E-state index contributed by atoms with van der Waals surface area (Å²) < 4.78 is 38.7. The normalized spacial score (nSPS) is 22.1. The number of halogens is 2. The average Bonchev–Trinajstić information content (AvgIpc) is 3.58. The van der Waals surface area contributed by atoms with Crippen LogP contribution in [-0.4, -0.2) is 66.9 Å². The molecule has 13 heteroatoms. The summed E-state index contributed by atoms with van der Waals surface area (Å²) in [7, 11) is 1.70. The Morgan fingerprint density at radius 1 is 1.31 bits per heavy atom. The molecule has 11 nitrogen and oxygen atoms in total. The minimum atomic E-state index is -3.03. The second-order valence-corrected chi connectivity index (χ2v) is 11.6. The van der Waals surface area contributed by atoms with E-state index >= 15 is 8.78 Å². The quantitative estimate of drug-likeness (QED) is 0.350. The Bertz CT molecular complexity index is 1410. The molecule has 4 atom stereocenters. The molecule has 0 radical (unpaired) electrons. The molecule has 0 aliphatic carbocycles. The van der Waals surface area contributed by atoms with Crippen molar-refractivity contribution in [2.45, 2.75) is 83.1 Å². The van der Waals surface area contributed by atoms with Crippen LogP contribution < -0.4 is 10.6 Å². The van der Waals surface area contributed by atoms with Crippen LogP contribution in [0.15, 0.2) is 18.5 Å². The average molecular weight is 587 g/mol. The van der Waals surface area contributed by atoms with Gasteiger partial charge in [-0.25, -0.2) is 23.3 Å². The van der Waals surface area contributed by atoms with E-state index in [0.29, 0.717) is 42.4 Å². The van der Waals surface area contributed by atoms with Crippen LogP contribution in [0.2, 0.25) is 0 Å². The Hall–Kier alpha value is -3.48. The van der Waals surface area contributed by atoms with Gasteiger partial charge in [-0.05, 0) is 31.2 Å². The van der Waals surface area contributed by atoms with Crippen molar-refractivity contribution in [3.05, 3.63) is 41.2 Å². The van der Waals surface area contributed by atoms with Crippen LogP contribution in [0.1, 0.15) is 98.3 Å². The monoisotopic (exact) mass is 586 g/mol. The molecular weight excluding hydrogens is 546 g/mol. The number of alkyl halides is 2. The summed E-state index contributed by atoms with van der Waals surface area (Å²) in [5.41, 5.74) is 1.42. The smallest absolute Gasteiger partial charge is 0.270 e. The van der Waals surface area contributed by atoms with Crippen molar-refractivity contribution < 1.29 is 23.1 Å². The third-order valence-electron chi connectivity index (χ3n) is 8.58. The van der Waals surface area contributed by atoms with E-state index in [9.17, 15) is 9.59 Å². The predicted molar refractivity (Wildman–Crippen MR) is 150 cm³/mol. The molecule has 0 spiro atoms. The number of hydrogen-bond donors (Lipinski definition) is 2. The fourth-order valence-electron chi connectivity index (χ4n) is 5.72. The van der Waals surface area contributed by atoms with Gasteiger partial charge < -0.3 is 15.4 Å². The van der Waals surface area contributed by atoms with Crippen LogP contribution in [0.5, 0.6) is 0 Å². The van der Waals surface area contributed by atoms with Gasteiger partial charge in [0.05, 0.1) is 48.5 Å². The molecular formula is C29H40F2N8O3. The fraction of sp³-hybridized carbons (Fsp3) is 0.655. The number of carbonyl (C=O) groups is 2. The van der Waals surface area contributed by atoms with E-state index < -0.39 is 24.3 Å². The van der Waals surface area contributed by atoms with Crippen molar-refractivity contribution in [1.29, 1.82) is 0 Å². The van der Waals surface area contributed by atoms with Crippen molar-refractivity contribution >= 4 is 17.6 Å². The molecule has 3 aromatic rings. The third kappa shape index (κ3) is 6.61. The van der Waals surface area contributed by atoms with Crippen molar-refractivity contribution in [3.63, 3.8) is 0 Å². The summed E-state index contributed by atoms with van der Waals surface area (Å²) in [6.45, 7) is 4.74. The summed E-state index contributed by atoms with van der Waals surface area (Å²) >= 11 is 0. The fourth-order valence-corrected chi connectivity index (χ4v) is 5.72. The first-order chi connectivity index (χ1) is 20.2. The molecule has 2 saturated heterocycles. The van der Waals surface area contributed by atoms with Crippen LogP contribution in [0.3, 0.4) is 0 Å². The second-order valence-electron chi connectivity index (χ2n) is 11.6. The Morgan fingerprint density at radius 2 is 2.14 bits per heavy atom. The maximum atomic E-state index is 15.2. The van der Waals surface area contributed by atoms with Gasteiger partial charge in [-0.3, -0.25) is 14.3 Å². The highest BCUT2D eigenvalue weighted by atomic mass is 19.3. The molecule has 5 rings (SSSR count). The number of nitrogens with zero attached hydrogens (tertiary/aromatic N) is 6. The lowest BCUT2D eigenvalue weighted by molar-refractivity contribution is -0.126. The molecule has 42 heavy (non-hydrogen) atoms. The zero-order chi connectivity index (χ0) is 29.9. The molecule has 3 aromatic heterocycles. The summed E-state index contributed by atoms with van der Waals surface area (Å²) in [6, 6.07) is 1.19. The highest BCUT2D eigenvalue weighted by molar-refractivity contribution is 5.92. The van der Waals surface area contributed by atoms with Gasteiger partial charge in [-0.2, -0.15) is 10.2 Å². The van der Waals surface area contributed by atoms with Gasteiger partial charge in [0.25, 0.3) is 17.6 Å². The molecule has 2 aliphatic heterocycles. The SMILES string of the molecule is CCC(C)CCCC(NC(=O)c1ccnn1C)c1cn2nc(CC3CCCNC3=O)c(C3COCCC3(F)F)nc2n1. The summed E-state index contributed by atoms with van der Waals surface area (Å²) in [5, 5.41) is 14.7. The summed E-state index contributed by atoms with van der Waals surface area (Å²) in [5.74, 6) is -4.38. The molecule has 0 bridgehead atoms. The number of rotatable bonds is 11. The third-order valence-corrected chi connectivity index (χ3v) is 8.58. The van der Waals surface area contributed by atoms with Crippen LogP contribution >= 0.6 is 0 Å². The number of aryl methyl sites for hydroxylation is 1. The zero-order valence-electron chi connectivity index (χ0n) is 24.5. The number of nitrogens with one attached hydrogen (secondary N) is 2. The van der Waals surface area contributed by atoms with E-state index in [-0.39, 0.29) is 48.8 Å². The van der Waals surface area contributed by atoms with Crippen molar-refractivity contribution in [3.8, 4) is 0 Å². The highest BCUT2D eigenvalue weighted by Gasteiger charge is 2.46. The van der Waals surface area contributed by atoms with Gasteiger partial charge in [0.2, 0.25) is 5.91 Å². The first kappa shape index (κ1) is 30.0. The number of hydrogen-bond acceptors (Lipinski definition) is 7. The minimum Gasteiger partial charge on any atom is -0.380 e. The molecule has 0 aromatic carbocycles. The van der Waals surface area contributed by atoms with Crippen LogP contribution in [0.4, 0.5) is 8.78 Å². The van der Waals surface area contributed by atoms with Gasteiger partial charge in [-0.1, -0.05) is 33.1 Å². The van der Waals surface area contributed by atoms with Crippen LogP contribution in [-0.2, 0) is 23.0 Å².